The number of rotatable bonds is 5. The van der Waals surface area contributed by atoms with Crippen LogP contribution in [0.15, 0.2) is 24.5 Å². The van der Waals surface area contributed by atoms with E-state index in [0.717, 1.165) is 25.8 Å². The molecule has 9 nitrogen and oxygen atoms in total. The monoisotopic (exact) mass is 384 g/mol. The fraction of sp³-hybridized carbons (Fsp3) is 0.526. The molecule has 1 saturated heterocycles. The lowest BCUT2D eigenvalue weighted by molar-refractivity contribution is 0.0586. The number of amides is 1. The summed E-state index contributed by atoms with van der Waals surface area (Å²) in [6.45, 7) is 1.35. The molecule has 2 aliphatic rings. The maximum absolute atomic E-state index is 12.6. The van der Waals surface area contributed by atoms with Crippen LogP contribution in [0, 0.1) is 0 Å². The Morgan fingerprint density at radius 3 is 2.82 bits per heavy atom. The molecule has 2 aromatic heterocycles. The highest BCUT2D eigenvalue weighted by Gasteiger charge is 2.27. The average Bonchev–Trinajstić information content (AvgIpc) is 3.48. The third-order valence-corrected chi connectivity index (χ3v) is 5.40. The van der Waals surface area contributed by atoms with Gasteiger partial charge in [0.15, 0.2) is 0 Å². The van der Waals surface area contributed by atoms with Crippen LogP contribution < -0.4 is 10.2 Å². The molecule has 9 heteroatoms. The van der Waals surface area contributed by atoms with Crippen molar-refractivity contribution in [3.8, 4) is 0 Å². The maximum Gasteiger partial charge on any atom is 0.376 e. The van der Waals surface area contributed by atoms with Crippen LogP contribution in [0.2, 0.25) is 0 Å². The molecule has 148 valence electrons. The van der Waals surface area contributed by atoms with Gasteiger partial charge in [0.1, 0.15) is 11.5 Å². The molecular formula is C19H24N6O3. The van der Waals surface area contributed by atoms with Crippen molar-refractivity contribution >= 4 is 17.7 Å². The van der Waals surface area contributed by atoms with Crippen LogP contribution in [0.3, 0.4) is 0 Å². The number of carbonyl (C=O) groups is 2. The van der Waals surface area contributed by atoms with Gasteiger partial charge in [-0.25, -0.2) is 14.8 Å². The number of carbonyl (C=O) groups excluding carboxylic acids is 2. The van der Waals surface area contributed by atoms with Crippen LogP contribution in [-0.4, -0.2) is 57.9 Å². The molecule has 1 aliphatic carbocycles. The molecule has 1 aliphatic heterocycles. The Hall–Kier alpha value is -2.97. The fourth-order valence-corrected chi connectivity index (χ4v) is 3.89. The zero-order chi connectivity index (χ0) is 19.5. The third kappa shape index (κ3) is 3.83. The summed E-state index contributed by atoms with van der Waals surface area (Å²) in [6, 6.07) is 3.96. The second kappa shape index (κ2) is 7.95. The van der Waals surface area contributed by atoms with E-state index in [1.165, 1.54) is 26.1 Å². The lowest BCUT2D eigenvalue weighted by Gasteiger charge is -2.18. The van der Waals surface area contributed by atoms with E-state index in [1.807, 2.05) is 15.8 Å². The minimum Gasteiger partial charge on any atom is -0.463 e. The summed E-state index contributed by atoms with van der Waals surface area (Å²) in [7, 11) is 1.30. The Kier molecular flexibility index (Phi) is 5.23. The third-order valence-electron chi connectivity index (χ3n) is 5.40. The number of nitrogens with zero attached hydrogens (tertiary/aromatic N) is 5. The van der Waals surface area contributed by atoms with E-state index in [1.54, 1.807) is 12.1 Å². The van der Waals surface area contributed by atoms with E-state index >= 15 is 0 Å². The predicted octanol–water partition coefficient (Wildman–Crippen LogP) is 1.58. The van der Waals surface area contributed by atoms with Crippen LogP contribution >= 0.6 is 0 Å². The van der Waals surface area contributed by atoms with Gasteiger partial charge in [0.2, 0.25) is 5.82 Å². The molecule has 2 fully saturated rings. The average molecular weight is 384 g/mol. The van der Waals surface area contributed by atoms with Gasteiger partial charge in [-0.3, -0.25) is 9.48 Å². The SMILES string of the molecule is COC(=O)c1nccc(N2CC[C@H](NC(=O)c3ccn(C4CCCC4)n3)C2)n1. The van der Waals surface area contributed by atoms with E-state index in [9.17, 15) is 9.59 Å². The summed E-state index contributed by atoms with van der Waals surface area (Å²) < 4.78 is 6.60. The van der Waals surface area contributed by atoms with E-state index in [0.29, 0.717) is 24.1 Å². The molecule has 0 aromatic carbocycles. The first-order valence-electron chi connectivity index (χ1n) is 9.66. The molecule has 4 rings (SSSR count). The molecule has 1 N–H and O–H groups in total. The van der Waals surface area contributed by atoms with Crippen molar-refractivity contribution in [1.82, 2.24) is 25.1 Å². The lowest BCUT2D eigenvalue weighted by atomic mass is 10.2. The van der Waals surface area contributed by atoms with E-state index < -0.39 is 5.97 Å². The minimum absolute atomic E-state index is 0.000623. The van der Waals surface area contributed by atoms with Crippen molar-refractivity contribution in [2.24, 2.45) is 0 Å². The number of ether oxygens (including phenoxy) is 1. The fourth-order valence-electron chi connectivity index (χ4n) is 3.89. The summed E-state index contributed by atoms with van der Waals surface area (Å²) in [5, 5.41) is 7.53. The Bertz CT molecular complexity index is 861. The van der Waals surface area contributed by atoms with Crippen molar-refractivity contribution in [3.63, 3.8) is 0 Å². The number of hydrogen-bond acceptors (Lipinski definition) is 7. The first-order chi connectivity index (χ1) is 13.6. The summed E-state index contributed by atoms with van der Waals surface area (Å²) in [5.74, 6) is -0.0344. The van der Waals surface area contributed by atoms with E-state index in [-0.39, 0.29) is 17.8 Å². The van der Waals surface area contributed by atoms with Gasteiger partial charge in [-0.05, 0) is 31.4 Å². The van der Waals surface area contributed by atoms with Gasteiger partial charge in [-0.15, -0.1) is 0 Å². The Balaban J connectivity index is 1.36. The Labute approximate surface area is 163 Å². The number of aromatic nitrogens is 4. The topological polar surface area (TPSA) is 102 Å². The van der Waals surface area contributed by atoms with Gasteiger partial charge in [-0.2, -0.15) is 5.10 Å². The highest BCUT2D eigenvalue weighted by atomic mass is 16.5. The normalized spacial score (nSPS) is 19.8. The molecule has 28 heavy (non-hydrogen) atoms. The summed E-state index contributed by atoms with van der Waals surface area (Å²) in [6.07, 6.45) is 8.96. The zero-order valence-electron chi connectivity index (χ0n) is 15.9. The quantitative estimate of drug-likeness (QED) is 0.781. The first kappa shape index (κ1) is 18.4. The van der Waals surface area contributed by atoms with Crippen molar-refractivity contribution in [3.05, 3.63) is 36.0 Å². The van der Waals surface area contributed by atoms with Crippen LogP contribution in [-0.2, 0) is 4.74 Å². The highest BCUT2D eigenvalue weighted by Crippen LogP contribution is 2.28. The Morgan fingerprint density at radius 2 is 2.04 bits per heavy atom. The largest absolute Gasteiger partial charge is 0.463 e. The molecule has 0 bridgehead atoms. The summed E-state index contributed by atoms with van der Waals surface area (Å²) in [5.41, 5.74) is 0.459. The Morgan fingerprint density at radius 1 is 1.21 bits per heavy atom. The molecule has 0 spiro atoms. The molecule has 1 amide bonds. The van der Waals surface area contributed by atoms with Crippen LogP contribution in [0.5, 0.6) is 0 Å². The predicted molar refractivity (Wildman–Crippen MR) is 101 cm³/mol. The van der Waals surface area contributed by atoms with Gasteiger partial charge in [-0.1, -0.05) is 12.8 Å². The number of anilines is 1. The van der Waals surface area contributed by atoms with Crippen LogP contribution in [0.1, 0.15) is 59.3 Å². The summed E-state index contributed by atoms with van der Waals surface area (Å²) in [4.78, 5) is 34.4. The van der Waals surface area contributed by atoms with Gasteiger partial charge < -0.3 is 15.0 Å². The second-order valence-electron chi connectivity index (χ2n) is 7.25. The number of esters is 1. The van der Waals surface area contributed by atoms with Crippen LogP contribution in [0.25, 0.3) is 0 Å². The standard InChI is InChI=1S/C19H24N6O3/c1-28-19(27)17-20-9-6-16(22-17)24-10-7-13(12-24)21-18(26)15-8-11-25(23-15)14-4-2-3-5-14/h6,8-9,11,13-14H,2-5,7,10,12H2,1H3,(H,21,26)/t13-/m0/s1. The summed E-state index contributed by atoms with van der Waals surface area (Å²) >= 11 is 0. The van der Waals surface area contributed by atoms with Gasteiger partial charge >= 0.3 is 5.97 Å². The first-order valence-corrected chi connectivity index (χ1v) is 9.66. The maximum atomic E-state index is 12.6. The van der Waals surface area contributed by atoms with Crippen LogP contribution in [0.4, 0.5) is 5.82 Å². The zero-order valence-corrected chi connectivity index (χ0v) is 15.9. The van der Waals surface area contributed by atoms with E-state index in [4.69, 9.17) is 0 Å². The number of methoxy groups -OCH3 is 1. The molecule has 2 aromatic rings. The van der Waals surface area contributed by atoms with Gasteiger partial charge in [0.05, 0.1) is 13.2 Å². The van der Waals surface area contributed by atoms with Gasteiger partial charge in [0.25, 0.3) is 5.91 Å². The number of hydrogen-bond donors (Lipinski definition) is 1. The molecule has 1 atom stereocenters. The number of nitrogens with one attached hydrogen (secondary N) is 1. The molecular weight excluding hydrogens is 360 g/mol. The molecule has 0 radical (unpaired) electrons. The lowest BCUT2D eigenvalue weighted by Crippen LogP contribution is -2.37. The van der Waals surface area contributed by atoms with E-state index in [2.05, 4.69) is 25.1 Å². The molecule has 3 heterocycles. The smallest absolute Gasteiger partial charge is 0.376 e. The van der Waals surface area contributed by atoms with Crippen molar-refractivity contribution < 1.29 is 14.3 Å². The van der Waals surface area contributed by atoms with Crippen molar-refractivity contribution in [1.29, 1.82) is 0 Å². The highest BCUT2D eigenvalue weighted by molar-refractivity contribution is 5.92. The van der Waals surface area contributed by atoms with Gasteiger partial charge in [0, 0.05) is 31.5 Å². The van der Waals surface area contributed by atoms with Crippen molar-refractivity contribution in [2.45, 2.75) is 44.2 Å². The van der Waals surface area contributed by atoms with Crippen molar-refractivity contribution in [2.75, 3.05) is 25.1 Å². The second-order valence-corrected chi connectivity index (χ2v) is 7.25. The minimum atomic E-state index is -0.566. The molecule has 1 saturated carbocycles. The molecule has 0 unspecified atom stereocenters.